The summed E-state index contributed by atoms with van der Waals surface area (Å²) in [6.45, 7) is 10.8. The lowest BCUT2D eigenvalue weighted by molar-refractivity contribution is -0.134. The molecule has 0 atom stereocenters. The van der Waals surface area contributed by atoms with Crippen molar-refractivity contribution in [2.45, 2.75) is 54.1 Å². The summed E-state index contributed by atoms with van der Waals surface area (Å²) in [4.78, 5) is 11.7. The summed E-state index contributed by atoms with van der Waals surface area (Å²) >= 11 is 0. The number of hydrogen-bond acceptors (Lipinski definition) is 4. The summed E-state index contributed by atoms with van der Waals surface area (Å²) in [6, 6.07) is 9.68. The molecule has 2 rings (SSSR count). The van der Waals surface area contributed by atoms with E-state index < -0.39 is 0 Å². The Morgan fingerprint density at radius 3 is 2.31 bits per heavy atom. The fourth-order valence-electron chi connectivity index (χ4n) is 2.80. The number of esters is 1. The van der Waals surface area contributed by atoms with E-state index in [-0.39, 0.29) is 12.6 Å². The van der Waals surface area contributed by atoms with E-state index in [1.165, 1.54) is 11.1 Å². The van der Waals surface area contributed by atoms with E-state index in [1.54, 1.807) is 13.0 Å². The van der Waals surface area contributed by atoms with Crippen molar-refractivity contribution < 1.29 is 19.0 Å². The van der Waals surface area contributed by atoms with Gasteiger partial charge in [-0.3, -0.25) is 4.79 Å². The van der Waals surface area contributed by atoms with Crippen molar-refractivity contribution in [3.8, 4) is 17.2 Å². The van der Waals surface area contributed by atoms with Crippen molar-refractivity contribution >= 4 is 5.97 Å². The number of rotatable bonds is 8. The molecule has 0 spiro atoms. The first-order valence-electron chi connectivity index (χ1n) is 9.18. The van der Waals surface area contributed by atoms with Crippen LogP contribution in [-0.2, 0) is 17.8 Å². The van der Waals surface area contributed by atoms with Gasteiger partial charge in [-0.2, -0.15) is 0 Å². The van der Waals surface area contributed by atoms with Crippen LogP contribution in [0.1, 0.15) is 49.4 Å². The topological polar surface area (TPSA) is 44.8 Å². The van der Waals surface area contributed by atoms with Gasteiger partial charge in [0.1, 0.15) is 23.9 Å². The fourth-order valence-corrected chi connectivity index (χ4v) is 2.80. The lowest BCUT2D eigenvalue weighted by Gasteiger charge is -2.17. The number of benzene rings is 2. The molecule has 0 aliphatic heterocycles. The van der Waals surface area contributed by atoms with Crippen molar-refractivity contribution in [2.75, 3.05) is 6.61 Å². The SMILES string of the molecule is CCOc1cccc(OC(=O)CC)c1COc1cc(C)c(CC)cc1C. The maximum atomic E-state index is 11.7. The van der Waals surface area contributed by atoms with E-state index in [4.69, 9.17) is 14.2 Å². The standard InChI is InChI=1S/C22H28O4/c1-6-17-12-16(5)21(13-15(17)4)25-14-18-19(24-8-3)10-9-11-20(18)26-22(23)7-2/h9-13H,6-8,14H2,1-5H3. The average molecular weight is 356 g/mol. The van der Waals surface area contributed by atoms with Crippen molar-refractivity contribution in [3.63, 3.8) is 0 Å². The molecule has 0 unspecified atom stereocenters. The average Bonchev–Trinajstić information content (AvgIpc) is 2.63. The van der Waals surface area contributed by atoms with Crippen molar-refractivity contribution in [1.29, 1.82) is 0 Å². The van der Waals surface area contributed by atoms with Crippen molar-refractivity contribution in [1.82, 2.24) is 0 Å². The van der Waals surface area contributed by atoms with Crippen LogP contribution in [0.5, 0.6) is 17.2 Å². The second-order valence-corrected chi connectivity index (χ2v) is 6.18. The van der Waals surface area contributed by atoms with Gasteiger partial charge in [-0.25, -0.2) is 0 Å². The Kier molecular flexibility index (Phi) is 7.07. The Morgan fingerprint density at radius 1 is 0.923 bits per heavy atom. The van der Waals surface area contributed by atoms with Gasteiger partial charge >= 0.3 is 5.97 Å². The van der Waals surface area contributed by atoms with Crippen LogP contribution in [0.15, 0.2) is 30.3 Å². The number of aryl methyl sites for hydroxylation is 3. The molecular weight excluding hydrogens is 328 g/mol. The molecule has 0 aromatic heterocycles. The van der Waals surface area contributed by atoms with Crippen LogP contribution in [0.3, 0.4) is 0 Å². The number of hydrogen-bond donors (Lipinski definition) is 0. The molecule has 0 bridgehead atoms. The highest BCUT2D eigenvalue weighted by Crippen LogP contribution is 2.32. The van der Waals surface area contributed by atoms with Gasteiger partial charge in [0.25, 0.3) is 0 Å². The third kappa shape index (κ3) is 4.78. The van der Waals surface area contributed by atoms with Crippen LogP contribution in [-0.4, -0.2) is 12.6 Å². The molecule has 0 saturated heterocycles. The molecule has 140 valence electrons. The van der Waals surface area contributed by atoms with Gasteiger partial charge in [-0.1, -0.05) is 26.0 Å². The zero-order valence-corrected chi connectivity index (χ0v) is 16.3. The maximum absolute atomic E-state index is 11.7. The van der Waals surface area contributed by atoms with E-state index in [0.29, 0.717) is 24.5 Å². The quantitative estimate of drug-likeness (QED) is 0.484. The first kappa shape index (κ1) is 19.8. The van der Waals surface area contributed by atoms with E-state index in [9.17, 15) is 4.79 Å². The predicted molar refractivity (Wildman–Crippen MR) is 103 cm³/mol. The molecule has 4 nitrogen and oxygen atoms in total. The van der Waals surface area contributed by atoms with Crippen LogP contribution < -0.4 is 14.2 Å². The van der Waals surface area contributed by atoms with Gasteiger partial charge in [-0.05, 0) is 62.1 Å². The molecule has 0 N–H and O–H groups in total. The zero-order chi connectivity index (χ0) is 19.1. The van der Waals surface area contributed by atoms with E-state index in [0.717, 1.165) is 23.3 Å². The van der Waals surface area contributed by atoms with E-state index in [2.05, 4.69) is 26.0 Å². The third-order valence-corrected chi connectivity index (χ3v) is 4.29. The fraction of sp³-hybridized carbons (Fsp3) is 0.409. The summed E-state index contributed by atoms with van der Waals surface area (Å²) in [5.74, 6) is 1.72. The number of carbonyl (C=O) groups excluding carboxylic acids is 1. The predicted octanol–water partition coefficient (Wildman–Crippen LogP) is 5.16. The highest BCUT2D eigenvalue weighted by atomic mass is 16.5. The Hall–Kier alpha value is -2.49. The normalized spacial score (nSPS) is 10.5. The van der Waals surface area contributed by atoms with Gasteiger partial charge in [0.2, 0.25) is 0 Å². The van der Waals surface area contributed by atoms with Crippen LogP contribution in [0.4, 0.5) is 0 Å². The first-order chi connectivity index (χ1) is 12.5. The minimum absolute atomic E-state index is 0.272. The highest BCUT2D eigenvalue weighted by Gasteiger charge is 2.15. The molecule has 0 amide bonds. The smallest absolute Gasteiger partial charge is 0.310 e. The van der Waals surface area contributed by atoms with Crippen molar-refractivity contribution in [2.24, 2.45) is 0 Å². The minimum atomic E-state index is -0.278. The molecule has 0 fully saturated rings. The first-order valence-corrected chi connectivity index (χ1v) is 9.18. The van der Waals surface area contributed by atoms with E-state index >= 15 is 0 Å². The van der Waals surface area contributed by atoms with Gasteiger partial charge in [0.05, 0.1) is 12.2 Å². The Balaban J connectivity index is 2.30. The monoisotopic (exact) mass is 356 g/mol. The lowest BCUT2D eigenvalue weighted by Crippen LogP contribution is -2.10. The number of carbonyl (C=O) groups is 1. The molecule has 4 heteroatoms. The summed E-state index contributed by atoms with van der Waals surface area (Å²) in [5, 5.41) is 0. The summed E-state index contributed by atoms with van der Waals surface area (Å²) in [5.41, 5.74) is 4.37. The van der Waals surface area contributed by atoms with Crippen LogP contribution in [0, 0.1) is 13.8 Å². The minimum Gasteiger partial charge on any atom is -0.493 e. The van der Waals surface area contributed by atoms with Gasteiger partial charge in [0.15, 0.2) is 0 Å². The molecule has 0 aliphatic carbocycles. The molecule has 26 heavy (non-hydrogen) atoms. The molecule has 0 aliphatic rings. The summed E-state index contributed by atoms with van der Waals surface area (Å²) in [7, 11) is 0. The van der Waals surface area contributed by atoms with Crippen LogP contribution in [0.2, 0.25) is 0 Å². The van der Waals surface area contributed by atoms with Gasteiger partial charge in [0, 0.05) is 6.42 Å². The van der Waals surface area contributed by atoms with Gasteiger partial charge < -0.3 is 14.2 Å². The Bertz CT molecular complexity index is 765. The van der Waals surface area contributed by atoms with E-state index in [1.807, 2.05) is 26.0 Å². The highest BCUT2D eigenvalue weighted by molar-refractivity contribution is 5.72. The van der Waals surface area contributed by atoms with Crippen molar-refractivity contribution in [3.05, 3.63) is 52.6 Å². The second-order valence-electron chi connectivity index (χ2n) is 6.18. The van der Waals surface area contributed by atoms with Gasteiger partial charge in [-0.15, -0.1) is 0 Å². The summed E-state index contributed by atoms with van der Waals surface area (Å²) in [6.07, 6.45) is 1.31. The molecule has 0 heterocycles. The Morgan fingerprint density at radius 2 is 1.65 bits per heavy atom. The maximum Gasteiger partial charge on any atom is 0.310 e. The molecular formula is C22H28O4. The number of ether oxygens (including phenoxy) is 3. The zero-order valence-electron chi connectivity index (χ0n) is 16.3. The Labute approximate surface area is 156 Å². The molecule has 0 radical (unpaired) electrons. The lowest BCUT2D eigenvalue weighted by atomic mass is 10.0. The largest absolute Gasteiger partial charge is 0.493 e. The van der Waals surface area contributed by atoms with Crippen LogP contribution in [0.25, 0.3) is 0 Å². The third-order valence-electron chi connectivity index (χ3n) is 4.29. The van der Waals surface area contributed by atoms with Crippen LogP contribution >= 0.6 is 0 Å². The summed E-state index contributed by atoms with van der Waals surface area (Å²) < 4.78 is 17.2. The molecule has 2 aromatic carbocycles. The second kappa shape index (κ2) is 9.27. The molecule has 2 aromatic rings. The molecule has 0 saturated carbocycles.